The van der Waals surface area contributed by atoms with Crippen molar-refractivity contribution in [1.29, 1.82) is 0 Å². The number of carbonyl (C=O) groups is 1. The van der Waals surface area contributed by atoms with E-state index in [0.717, 1.165) is 13.0 Å². The van der Waals surface area contributed by atoms with E-state index in [1.807, 2.05) is 23.1 Å². The van der Waals surface area contributed by atoms with Gasteiger partial charge < -0.3 is 19.1 Å². The summed E-state index contributed by atoms with van der Waals surface area (Å²) in [7, 11) is 0. The van der Waals surface area contributed by atoms with Crippen molar-refractivity contribution in [2.24, 2.45) is 5.92 Å². The minimum absolute atomic E-state index is 0.0167. The van der Waals surface area contributed by atoms with Gasteiger partial charge in [0, 0.05) is 19.0 Å². The van der Waals surface area contributed by atoms with Crippen molar-refractivity contribution in [2.75, 3.05) is 26.3 Å². The summed E-state index contributed by atoms with van der Waals surface area (Å²) in [6.07, 6.45) is 1.56. The van der Waals surface area contributed by atoms with Gasteiger partial charge in [-0.05, 0) is 25.5 Å². The van der Waals surface area contributed by atoms with E-state index in [-0.39, 0.29) is 12.0 Å². The van der Waals surface area contributed by atoms with Gasteiger partial charge in [0.1, 0.15) is 13.2 Å². The van der Waals surface area contributed by atoms with Gasteiger partial charge in [0.25, 0.3) is 5.91 Å². The highest BCUT2D eigenvalue weighted by Crippen LogP contribution is 2.37. The van der Waals surface area contributed by atoms with Crippen LogP contribution in [0.1, 0.15) is 23.7 Å². The molecule has 0 aromatic heterocycles. The SMILES string of the molecule is C[C@@H]1C[C@H]2CN(C(=O)c3cccc4c3OCCO4)C[C@H]2O1. The van der Waals surface area contributed by atoms with E-state index in [0.29, 0.717) is 48.8 Å². The van der Waals surface area contributed by atoms with Crippen LogP contribution in [-0.2, 0) is 4.74 Å². The van der Waals surface area contributed by atoms with Crippen molar-refractivity contribution in [2.45, 2.75) is 25.6 Å². The van der Waals surface area contributed by atoms with Crippen LogP contribution in [-0.4, -0.2) is 49.3 Å². The maximum Gasteiger partial charge on any atom is 0.257 e. The third kappa shape index (κ3) is 2.16. The molecule has 3 aliphatic heterocycles. The van der Waals surface area contributed by atoms with E-state index in [2.05, 4.69) is 6.92 Å². The fourth-order valence-electron chi connectivity index (χ4n) is 3.58. The van der Waals surface area contributed by atoms with Crippen molar-refractivity contribution >= 4 is 5.91 Å². The molecule has 3 atom stereocenters. The summed E-state index contributed by atoms with van der Waals surface area (Å²) < 4.78 is 17.1. The normalized spacial score (nSPS) is 30.3. The molecule has 1 amide bonds. The van der Waals surface area contributed by atoms with Crippen LogP contribution in [0.4, 0.5) is 0 Å². The molecule has 2 saturated heterocycles. The Kier molecular flexibility index (Phi) is 3.03. The average molecular weight is 289 g/mol. The van der Waals surface area contributed by atoms with E-state index in [9.17, 15) is 4.79 Å². The number of amides is 1. The van der Waals surface area contributed by atoms with Crippen LogP contribution in [0.2, 0.25) is 0 Å². The van der Waals surface area contributed by atoms with E-state index < -0.39 is 0 Å². The number of likely N-dealkylation sites (tertiary alicyclic amines) is 1. The van der Waals surface area contributed by atoms with Gasteiger partial charge >= 0.3 is 0 Å². The second-order valence-corrected chi connectivity index (χ2v) is 6.02. The van der Waals surface area contributed by atoms with E-state index >= 15 is 0 Å². The van der Waals surface area contributed by atoms with Crippen LogP contribution in [0.15, 0.2) is 18.2 Å². The van der Waals surface area contributed by atoms with Crippen molar-refractivity contribution in [3.05, 3.63) is 23.8 Å². The van der Waals surface area contributed by atoms with Crippen molar-refractivity contribution in [3.8, 4) is 11.5 Å². The highest BCUT2D eigenvalue weighted by molar-refractivity contribution is 5.98. The first-order valence-corrected chi connectivity index (χ1v) is 7.55. The number of hydrogen-bond donors (Lipinski definition) is 0. The quantitative estimate of drug-likeness (QED) is 0.789. The fraction of sp³-hybridized carbons (Fsp3) is 0.562. The lowest BCUT2D eigenvalue weighted by Crippen LogP contribution is -2.32. The number of nitrogens with zero attached hydrogens (tertiary/aromatic N) is 1. The maximum atomic E-state index is 12.8. The van der Waals surface area contributed by atoms with Gasteiger partial charge in [0.2, 0.25) is 0 Å². The Balaban J connectivity index is 1.56. The molecule has 0 radical (unpaired) electrons. The zero-order valence-corrected chi connectivity index (χ0v) is 12.1. The van der Waals surface area contributed by atoms with Gasteiger partial charge in [0.05, 0.1) is 17.8 Å². The highest BCUT2D eigenvalue weighted by Gasteiger charge is 2.42. The average Bonchev–Trinajstić information content (AvgIpc) is 3.03. The third-order valence-electron chi connectivity index (χ3n) is 4.51. The molecule has 3 heterocycles. The lowest BCUT2D eigenvalue weighted by atomic mass is 10.0. The number of benzene rings is 1. The predicted molar refractivity (Wildman–Crippen MR) is 75.8 cm³/mol. The zero-order valence-electron chi connectivity index (χ0n) is 12.1. The first-order valence-electron chi connectivity index (χ1n) is 7.55. The van der Waals surface area contributed by atoms with Crippen molar-refractivity contribution < 1.29 is 19.0 Å². The Morgan fingerprint density at radius 3 is 2.95 bits per heavy atom. The van der Waals surface area contributed by atoms with Gasteiger partial charge in [-0.15, -0.1) is 0 Å². The Labute approximate surface area is 123 Å². The molecule has 2 fully saturated rings. The van der Waals surface area contributed by atoms with Crippen molar-refractivity contribution in [1.82, 2.24) is 4.90 Å². The fourth-order valence-corrected chi connectivity index (χ4v) is 3.58. The number of rotatable bonds is 1. The number of fused-ring (bicyclic) bond motifs is 2. The smallest absolute Gasteiger partial charge is 0.257 e. The molecule has 0 unspecified atom stereocenters. The molecule has 1 aromatic rings. The van der Waals surface area contributed by atoms with Gasteiger partial charge in [-0.2, -0.15) is 0 Å². The molecule has 0 N–H and O–H groups in total. The lowest BCUT2D eigenvalue weighted by Gasteiger charge is -2.23. The van der Waals surface area contributed by atoms with Gasteiger partial charge in [-0.3, -0.25) is 4.79 Å². The molecule has 21 heavy (non-hydrogen) atoms. The molecule has 5 nitrogen and oxygen atoms in total. The number of carbonyl (C=O) groups excluding carboxylic acids is 1. The van der Waals surface area contributed by atoms with E-state index in [1.165, 1.54) is 0 Å². The Bertz CT molecular complexity index is 559. The minimum Gasteiger partial charge on any atom is -0.486 e. The molecule has 0 saturated carbocycles. The Morgan fingerprint density at radius 1 is 1.24 bits per heavy atom. The summed E-state index contributed by atoms with van der Waals surface area (Å²) in [5, 5.41) is 0. The predicted octanol–water partition coefficient (Wildman–Crippen LogP) is 1.71. The third-order valence-corrected chi connectivity index (χ3v) is 4.51. The molecular formula is C16H19NO4. The summed E-state index contributed by atoms with van der Waals surface area (Å²) in [6, 6.07) is 5.50. The molecular weight excluding hydrogens is 270 g/mol. The maximum absolute atomic E-state index is 12.8. The van der Waals surface area contributed by atoms with Crippen LogP contribution >= 0.6 is 0 Å². The molecule has 0 aliphatic carbocycles. The van der Waals surface area contributed by atoms with Crippen LogP contribution in [0.5, 0.6) is 11.5 Å². The van der Waals surface area contributed by atoms with Crippen LogP contribution < -0.4 is 9.47 Å². The molecule has 0 spiro atoms. The Morgan fingerprint density at radius 2 is 2.10 bits per heavy atom. The van der Waals surface area contributed by atoms with Crippen LogP contribution in [0, 0.1) is 5.92 Å². The summed E-state index contributed by atoms with van der Waals surface area (Å²) in [4.78, 5) is 14.7. The van der Waals surface area contributed by atoms with Crippen LogP contribution in [0.25, 0.3) is 0 Å². The second kappa shape index (κ2) is 4.91. The van der Waals surface area contributed by atoms with E-state index in [1.54, 1.807) is 0 Å². The Hall–Kier alpha value is -1.75. The topological polar surface area (TPSA) is 48.0 Å². The number of hydrogen-bond acceptors (Lipinski definition) is 4. The monoisotopic (exact) mass is 289 g/mol. The molecule has 5 heteroatoms. The first kappa shape index (κ1) is 13.0. The highest BCUT2D eigenvalue weighted by atomic mass is 16.6. The minimum atomic E-state index is 0.0167. The largest absolute Gasteiger partial charge is 0.486 e. The van der Waals surface area contributed by atoms with Gasteiger partial charge in [-0.1, -0.05) is 6.07 Å². The molecule has 1 aromatic carbocycles. The standard InChI is InChI=1S/C16H19NO4/c1-10-7-11-8-17(9-14(11)21-10)16(18)12-3-2-4-13-15(12)20-6-5-19-13/h2-4,10-11,14H,5-9H2,1H3/t10-,11+,14-/m1/s1. The van der Waals surface area contributed by atoms with Gasteiger partial charge in [-0.25, -0.2) is 0 Å². The summed E-state index contributed by atoms with van der Waals surface area (Å²) in [5.74, 6) is 1.74. The van der Waals surface area contributed by atoms with E-state index in [4.69, 9.17) is 14.2 Å². The molecule has 112 valence electrons. The number of para-hydroxylation sites is 1. The first-order chi connectivity index (χ1) is 10.2. The number of ether oxygens (including phenoxy) is 3. The summed E-state index contributed by atoms with van der Waals surface area (Å²) in [5.41, 5.74) is 0.597. The van der Waals surface area contributed by atoms with Crippen molar-refractivity contribution in [3.63, 3.8) is 0 Å². The van der Waals surface area contributed by atoms with Crippen LogP contribution in [0.3, 0.4) is 0 Å². The summed E-state index contributed by atoms with van der Waals surface area (Å²) >= 11 is 0. The zero-order chi connectivity index (χ0) is 14.4. The molecule has 0 bridgehead atoms. The summed E-state index contributed by atoms with van der Waals surface area (Å²) in [6.45, 7) is 4.58. The molecule has 4 rings (SSSR count). The van der Waals surface area contributed by atoms with Gasteiger partial charge in [0.15, 0.2) is 11.5 Å². The lowest BCUT2D eigenvalue weighted by molar-refractivity contribution is 0.0441. The molecule has 3 aliphatic rings. The second-order valence-electron chi connectivity index (χ2n) is 6.02.